The largest absolute Gasteiger partial charge is 0.354 e. The standard InChI is InChI=1S/C31H37Cl2N3O4S/c1-5-7-18-34-31(38)28(6-2)35(20-24-10-8-9-11-27(24)33)30(37)21-36(29-19-25(32)15-14-23(29)4)41(39,40)26-16-12-22(3)13-17-26/h8-17,19,28H,5-7,18,20-21H2,1-4H3,(H,34,38)/t28-/m1/s1. The molecule has 0 aromatic heterocycles. The van der Waals surface area contributed by atoms with E-state index in [4.69, 9.17) is 23.2 Å². The number of rotatable bonds is 13. The Hall–Kier alpha value is -3.07. The third kappa shape index (κ3) is 8.24. The Morgan fingerprint density at radius 3 is 2.27 bits per heavy atom. The summed E-state index contributed by atoms with van der Waals surface area (Å²) < 4.78 is 29.1. The van der Waals surface area contributed by atoms with Crippen molar-refractivity contribution in [2.75, 3.05) is 17.4 Å². The predicted molar refractivity (Wildman–Crippen MR) is 166 cm³/mol. The number of anilines is 1. The van der Waals surface area contributed by atoms with Gasteiger partial charge in [-0.1, -0.05) is 85.4 Å². The second-order valence-corrected chi connectivity index (χ2v) is 12.6. The first-order valence-corrected chi connectivity index (χ1v) is 15.8. The van der Waals surface area contributed by atoms with Gasteiger partial charge >= 0.3 is 0 Å². The Morgan fingerprint density at radius 1 is 0.951 bits per heavy atom. The lowest BCUT2D eigenvalue weighted by molar-refractivity contribution is -0.140. The lowest BCUT2D eigenvalue weighted by Gasteiger charge is -2.33. The molecule has 0 aliphatic heterocycles. The molecule has 0 aliphatic carbocycles. The van der Waals surface area contributed by atoms with Crippen molar-refractivity contribution in [3.05, 3.63) is 93.5 Å². The summed E-state index contributed by atoms with van der Waals surface area (Å²) in [6, 6.07) is 17.6. The van der Waals surface area contributed by atoms with Crippen LogP contribution in [-0.2, 0) is 26.2 Å². The molecule has 0 unspecified atom stereocenters. The van der Waals surface area contributed by atoms with Gasteiger partial charge in [0.1, 0.15) is 12.6 Å². The number of aryl methyl sites for hydroxylation is 2. The molecule has 0 spiro atoms. The highest BCUT2D eigenvalue weighted by Gasteiger charge is 2.34. The Labute approximate surface area is 253 Å². The molecule has 3 aromatic rings. The molecule has 0 fully saturated rings. The number of hydrogen-bond donors (Lipinski definition) is 1. The van der Waals surface area contributed by atoms with E-state index in [1.54, 1.807) is 55.5 Å². The van der Waals surface area contributed by atoms with Crippen molar-refractivity contribution >= 4 is 50.7 Å². The maximum absolute atomic E-state index is 14.2. The van der Waals surface area contributed by atoms with Gasteiger partial charge in [0.05, 0.1) is 10.6 Å². The highest BCUT2D eigenvalue weighted by atomic mass is 35.5. The summed E-state index contributed by atoms with van der Waals surface area (Å²) in [6.45, 7) is 7.44. The molecule has 220 valence electrons. The number of amides is 2. The van der Waals surface area contributed by atoms with Gasteiger partial charge in [-0.15, -0.1) is 0 Å². The zero-order chi connectivity index (χ0) is 30.2. The number of benzene rings is 3. The maximum Gasteiger partial charge on any atom is 0.264 e. The molecule has 7 nitrogen and oxygen atoms in total. The third-order valence-electron chi connectivity index (χ3n) is 6.84. The minimum Gasteiger partial charge on any atom is -0.354 e. The Kier molecular flexibility index (Phi) is 11.6. The molecule has 2 amide bonds. The van der Waals surface area contributed by atoms with Crippen LogP contribution in [0.2, 0.25) is 10.0 Å². The number of nitrogens with one attached hydrogen (secondary N) is 1. The lowest BCUT2D eigenvalue weighted by atomic mass is 10.1. The number of carbonyl (C=O) groups excluding carboxylic acids is 2. The highest BCUT2D eigenvalue weighted by Crippen LogP contribution is 2.30. The number of nitrogens with zero attached hydrogens (tertiary/aromatic N) is 2. The van der Waals surface area contributed by atoms with Crippen LogP contribution < -0.4 is 9.62 Å². The van der Waals surface area contributed by atoms with Crippen LogP contribution in [0.1, 0.15) is 49.8 Å². The summed E-state index contributed by atoms with van der Waals surface area (Å²) in [5, 5.41) is 3.69. The summed E-state index contributed by atoms with van der Waals surface area (Å²) in [4.78, 5) is 28.9. The second-order valence-electron chi connectivity index (χ2n) is 9.94. The number of halogens is 2. The van der Waals surface area contributed by atoms with Crippen molar-refractivity contribution in [2.45, 2.75) is 64.4 Å². The summed E-state index contributed by atoms with van der Waals surface area (Å²) in [5.74, 6) is -0.842. The van der Waals surface area contributed by atoms with E-state index in [2.05, 4.69) is 5.32 Å². The SMILES string of the molecule is CCCCNC(=O)[C@@H](CC)N(Cc1ccccc1Cl)C(=O)CN(c1cc(Cl)ccc1C)S(=O)(=O)c1ccc(C)cc1. The fraction of sp³-hybridized carbons (Fsp3) is 0.355. The minimum absolute atomic E-state index is 0.0329. The molecule has 0 saturated carbocycles. The molecule has 10 heteroatoms. The first kappa shape index (κ1) is 32.4. The second kappa shape index (κ2) is 14.7. The van der Waals surface area contributed by atoms with Crippen molar-refractivity contribution in [2.24, 2.45) is 0 Å². The molecule has 1 N–H and O–H groups in total. The van der Waals surface area contributed by atoms with Gasteiger partial charge < -0.3 is 10.2 Å². The fourth-order valence-electron chi connectivity index (χ4n) is 4.44. The molecule has 0 heterocycles. The average molecular weight is 619 g/mol. The number of carbonyl (C=O) groups is 2. The van der Waals surface area contributed by atoms with Crippen LogP contribution in [0.4, 0.5) is 5.69 Å². The quantitative estimate of drug-likeness (QED) is 0.221. The molecule has 3 aromatic carbocycles. The molecule has 1 atom stereocenters. The summed E-state index contributed by atoms with van der Waals surface area (Å²) >= 11 is 12.7. The van der Waals surface area contributed by atoms with Gasteiger partial charge in [0, 0.05) is 23.1 Å². The summed E-state index contributed by atoms with van der Waals surface area (Å²) in [5.41, 5.74) is 2.45. The Bertz CT molecular complexity index is 1460. The molecular weight excluding hydrogens is 581 g/mol. The van der Waals surface area contributed by atoms with Crippen molar-refractivity contribution in [3.63, 3.8) is 0 Å². The molecule has 0 saturated heterocycles. The van der Waals surface area contributed by atoms with E-state index < -0.39 is 28.5 Å². The summed E-state index contributed by atoms with van der Waals surface area (Å²) in [6.07, 6.45) is 2.04. The lowest BCUT2D eigenvalue weighted by Crippen LogP contribution is -2.52. The van der Waals surface area contributed by atoms with Gasteiger partial charge in [-0.05, 0) is 68.1 Å². The number of unbranched alkanes of at least 4 members (excludes halogenated alkanes) is 1. The van der Waals surface area contributed by atoms with Crippen LogP contribution in [0.15, 0.2) is 71.6 Å². The van der Waals surface area contributed by atoms with Crippen LogP contribution >= 0.6 is 23.2 Å². The smallest absolute Gasteiger partial charge is 0.264 e. The summed E-state index contributed by atoms with van der Waals surface area (Å²) in [7, 11) is -4.19. The van der Waals surface area contributed by atoms with E-state index in [0.717, 1.165) is 22.7 Å². The molecular formula is C31H37Cl2N3O4S. The van der Waals surface area contributed by atoms with E-state index in [-0.39, 0.29) is 23.0 Å². The maximum atomic E-state index is 14.2. The normalized spacial score (nSPS) is 12.0. The topological polar surface area (TPSA) is 86.8 Å². The van der Waals surface area contributed by atoms with Crippen LogP contribution in [-0.4, -0.2) is 44.3 Å². The van der Waals surface area contributed by atoms with E-state index in [1.165, 1.54) is 23.1 Å². The van der Waals surface area contributed by atoms with Crippen LogP contribution in [0.3, 0.4) is 0 Å². The van der Waals surface area contributed by atoms with Gasteiger partial charge in [0.2, 0.25) is 11.8 Å². The van der Waals surface area contributed by atoms with Gasteiger partial charge in [-0.2, -0.15) is 0 Å². The highest BCUT2D eigenvalue weighted by molar-refractivity contribution is 7.92. The van der Waals surface area contributed by atoms with Crippen LogP contribution in [0, 0.1) is 13.8 Å². The van der Waals surface area contributed by atoms with Gasteiger partial charge in [-0.3, -0.25) is 13.9 Å². The zero-order valence-corrected chi connectivity index (χ0v) is 26.2. The van der Waals surface area contributed by atoms with Gasteiger partial charge in [0.25, 0.3) is 10.0 Å². The van der Waals surface area contributed by atoms with E-state index in [9.17, 15) is 18.0 Å². The number of hydrogen-bond acceptors (Lipinski definition) is 4. The molecule has 0 radical (unpaired) electrons. The minimum atomic E-state index is -4.19. The molecule has 3 rings (SSSR count). The zero-order valence-electron chi connectivity index (χ0n) is 23.9. The number of sulfonamides is 1. The first-order valence-electron chi connectivity index (χ1n) is 13.7. The van der Waals surface area contributed by atoms with E-state index >= 15 is 0 Å². The van der Waals surface area contributed by atoms with Crippen molar-refractivity contribution in [3.8, 4) is 0 Å². The monoisotopic (exact) mass is 617 g/mol. The van der Waals surface area contributed by atoms with Crippen LogP contribution in [0.25, 0.3) is 0 Å². The average Bonchev–Trinajstić information content (AvgIpc) is 2.94. The predicted octanol–water partition coefficient (Wildman–Crippen LogP) is 6.53. The van der Waals surface area contributed by atoms with Gasteiger partial charge in [-0.25, -0.2) is 8.42 Å². The van der Waals surface area contributed by atoms with Gasteiger partial charge in [0.15, 0.2) is 0 Å². The molecule has 0 bridgehead atoms. The van der Waals surface area contributed by atoms with Crippen molar-refractivity contribution in [1.82, 2.24) is 10.2 Å². The fourth-order valence-corrected chi connectivity index (χ4v) is 6.27. The Balaban J connectivity index is 2.09. The Morgan fingerprint density at radius 2 is 1.63 bits per heavy atom. The molecule has 41 heavy (non-hydrogen) atoms. The van der Waals surface area contributed by atoms with Crippen molar-refractivity contribution < 1.29 is 18.0 Å². The molecule has 0 aliphatic rings. The van der Waals surface area contributed by atoms with Crippen molar-refractivity contribution in [1.29, 1.82) is 0 Å². The first-order chi connectivity index (χ1) is 19.5. The third-order valence-corrected chi connectivity index (χ3v) is 9.22. The van der Waals surface area contributed by atoms with E-state index in [1.807, 2.05) is 20.8 Å². The van der Waals surface area contributed by atoms with Crippen LogP contribution in [0.5, 0.6) is 0 Å². The van der Waals surface area contributed by atoms with E-state index in [0.29, 0.717) is 34.1 Å².